The number of aromatic nitrogens is 2. The van der Waals surface area contributed by atoms with E-state index in [9.17, 15) is 0 Å². The third kappa shape index (κ3) is 2.52. The van der Waals surface area contributed by atoms with E-state index in [0.717, 1.165) is 9.79 Å². The van der Waals surface area contributed by atoms with Crippen LogP contribution in [0.5, 0.6) is 0 Å². The van der Waals surface area contributed by atoms with Crippen molar-refractivity contribution in [2.75, 3.05) is 0 Å². The van der Waals surface area contributed by atoms with Crippen LogP contribution in [0.15, 0.2) is 30.5 Å². The molecule has 96 valence electrons. The molecule has 0 spiro atoms. The topological polar surface area (TPSA) is 20.7 Å². The molecule has 0 fully saturated rings. The second-order valence-corrected chi connectivity index (χ2v) is 5.60. The Labute approximate surface area is 118 Å². The van der Waals surface area contributed by atoms with Gasteiger partial charge in [-0.15, -0.1) is 0 Å². The lowest BCUT2D eigenvalue weighted by Crippen LogP contribution is -2.11. The number of hydrogen-bond acceptors (Lipinski definition) is 1. The average molecular weight is 281 g/mol. The van der Waals surface area contributed by atoms with Gasteiger partial charge in [0.15, 0.2) is 4.77 Å². The van der Waals surface area contributed by atoms with Crippen molar-refractivity contribution >= 4 is 23.8 Å². The van der Waals surface area contributed by atoms with Crippen molar-refractivity contribution in [2.45, 2.75) is 32.7 Å². The van der Waals surface area contributed by atoms with E-state index in [-0.39, 0.29) is 6.04 Å². The molecule has 1 N–H and O–H groups in total. The van der Waals surface area contributed by atoms with Crippen molar-refractivity contribution < 1.29 is 0 Å². The van der Waals surface area contributed by atoms with Crippen molar-refractivity contribution in [1.29, 1.82) is 0 Å². The van der Waals surface area contributed by atoms with Crippen molar-refractivity contribution in [2.24, 2.45) is 0 Å². The van der Waals surface area contributed by atoms with Gasteiger partial charge in [-0.05, 0) is 42.8 Å². The van der Waals surface area contributed by atoms with Crippen LogP contribution in [0.25, 0.3) is 0 Å². The van der Waals surface area contributed by atoms with Gasteiger partial charge in [-0.3, -0.25) is 0 Å². The lowest BCUT2D eigenvalue weighted by Gasteiger charge is -2.19. The molecule has 0 aliphatic heterocycles. The fourth-order valence-electron chi connectivity index (χ4n) is 2.15. The lowest BCUT2D eigenvalue weighted by atomic mass is 10.1. The van der Waals surface area contributed by atoms with Crippen molar-refractivity contribution in [1.82, 2.24) is 9.55 Å². The Balaban J connectivity index is 2.49. The van der Waals surface area contributed by atoms with Gasteiger partial charge in [-0.1, -0.05) is 37.6 Å². The van der Waals surface area contributed by atoms with E-state index in [1.165, 1.54) is 11.3 Å². The summed E-state index contributed by atoms with van der Waals surface area (Å²) in [5.41, 5.74) is 2.38. The van der Waals surface area contributed by atoms with Crippen LogP contribution >= 0.6 is 23.8 Å². The van der Waals surface area contributed by atoms with Crippen LogP contribution in [0.4, 0.5) is 0 Å². The van der Waals surface area contributed by atoms with Crippen LogP contribution in [0.3, 0.4) is 0 Å². The Hall–Kier alpha value is -1.06. The molecule has 0 radical (unpaired) electrons. The molecule has 0 saturated heterocycles. The highest BCUT2D eigenvalue weighted by molar-refractivity contribution is 7.71. The van der Waals surface area contributed by atoms with Crippen molar-refractivity contribution in [3.63, 3.8) is 0 Å². The third-order valence-electron chi connectivity index (χ3n) is 3.15. The summed E-state index contributed by atoms with van der Waals surface area (Å²) in [7, 11) is 0. The fraction of sp³-hybridized carbons (Fsp3) is 0.357. The van der Waals surface area contributed by atoms with E-state index in [0.29, 0.717) is 5.92 Å². The highest BCUT2D eigenvalue weighted by Gasteiger charge is 2.15. The molecule has 2 nitrogen and oxygen atoms in total. The molecule has 4 heteroatoms. The standard InChI is InChI=1S/C14H17ClN2S/c1-9(2)13-8-16-14(18)17(13)10(3)11-5-4-6-12(15)7-11/h4-10H,1-3H3,(H,16,18). The van der Waals surface area contributed by atoms with E-state index in [1.807, 2.05) is 24.4 Å². The molecule has 1 aromatic heterocycles. The van der Waals surface area contributed by atoms with Crippen LogP contribution in [-0.4, -0.2) is 9.55 Å². The van der Waals surface area contributed by atoms with E-state index < -0.39 is 0 Å². The molecule has 1 atom stereocenters. The maximum Gasteiger partial charge on any atom is 0.177 e. The van der Waals surface area contributed by atoms with Gasteiger partial charge in [0.25, 0.3) is 0 Å². The maximum atomic E-state index is 6.05. The minimum atomic E-state index is 0.180. The molecule has 1 heterocycles. The Morgan fingerprint density at radius 1 is 1.28 bits per heavy atom. The Bertz CT molecular complexity index is 598. The Kier molecular flexibility index (Phi) is 3.93. The summed E-state index contributed by atoms with van der Waals surface area (Å²) in [6, 6.07) is 8.11. The highest BCUT2D eigenvalue weighted by Crippen LogP contribution is 2.26. The van der Waals surface area contributed by atoms with E-state index in [2.05, 4.69) is 36.4 Å². The molecule has 0 aliphatic carbocycles. The Morgan fingerprint density at radius 2 is 2.00 bits per heavy atom. The predicted octanol–water partition coefficient (Wildman–Crippen LogP) is 4.93. The first-order chi connectivity index (χ1) is 8.50. The molecule has 0 saturated carbocycles. The van der Waals surface area contributed by atoms with Gasteiger partial charge in [0.1, 0.15) is 0 Å². The first kappa shape index (κ1) is 13.4. The molecule has 1 aromatic carbocycles. The number of nitrogens with one attached hydrogen (secondary N) is 1. The van der Waals surface area contributed by atoms with E-state index in [4.69, 9.17) is 23.8 Å². The zero-order valence-electron chi connectivity index (χ0n) is 10.8. The summed E-state index contributed by atoms with van der Waals surface area (Å²) in [6.07, 6.45) is 1.99. The number of rotatable bonds is 3. The summed E-state index contributed by atoms with van der Waals surface area (Å²) in [5.74, 6) is 0.430. The summed E-state index contributed by atoms with van der Waals surface area (Å²) < 4.78 is 2.91. The largest absolute Gasteiger partial charge is 0.337 e. The zero-order chi connectivity index (χ0) is 13.3. The fourth-order valence-corrected chi connectivity index (χ4v) is 2.67. The van der Waals surface area contributed by atoms with Crippen LogP contribution in [0.1, 0.15) is 44.0 Å². The van der Waals surface area contributed by atoms with Crippen molar-refractivity contribution in [3.8, 4) is 0 Å². The first-order valence-electron chi connectivity index (χ1n) is 6.06. The molecule has 18 heavy (non-hydrogen) atoms. The van der Waals surface area contributed by atoms with Crippen LogP contribution in [-0.2, 0) is 0 Å². The van der Waals surface area contributed by atoms with Gasteiger partial charge >= 0.3 is 0 Å². The number of nitrogens with zero attached hydrogens (tertiary/aromatic N) is 1. The summed E-state index contributed by atoms with van der Waals surface area (Å²) >= 11 is 11.4. The summed E-state index contributed by atoms with van der Waals surface area (Å²) in [6.45, 7) is 6.47. The number of imidazole rings is 1. The minimum absolute atomic E-state index is 0.180. The van der Waals surface area contributed by atoms with Gasteiger partial charge in [0, 0.05) is 16.9 Å². The van der Waals surface area contributed by atoms with Crippen LogP contribution < -0.4 is 0 Å². The quantitative estimate of drug-likeness (QED) is 0.791. The lowest BCUT2D eigenvalue weighted by molar-refractivity contribution is 0.582. The van der Waals surface area contributed by atoms with Gasteiger partial charge in [0.05, 0.1) is 6.04 Å². The van der Waals surface area contributed by atoms with Gasteiger partial charge in [0.2, 0.25) is 0 Å². The minimum Gasteiger partial charge on any atom is -0.337 e. The Morgan fingerprint density at radius 3 is 2.61 bits per heavy atom. The first-order valence-corrected chi connectivity index (χ1v) is 6.84. The smallest absolute Gasteiger partial charge is 0.177 e. The number of hydrogen-bond donors (Lipinski definition) is 1. The number of H-pyrrole nitrogens is 1. The molecular formula is C14H17ClN2S. The zero-order valence-corrected chi connectivity index (χ0v) is 12.3. The maximum absolute atomic E-state index is 6.05. The van der Waals surface area contributed by atoms with Gasteiger partial charge in [-0.25, -0.2) is 0 Å². The summed E-state index contributed by atoms with van der Waals surface area (Å²) in [5, 5.41) is 0.757. The van der Waals surface area contributed by atoms with Crippen LogP contribution in [0.2, 0.25) is 5.02 Å². The predicted molar refractivity (Wildman–Crippen MR) is 79.0 cm³/mol. The van der Waals surface area contributed by atoms with Crippen LogP contribution in [0, 0.1) is 4.77 Å². The molecule has 0 amide bonds. The average Bonchev–Trinajstić information content (AvgIpc) is 2.70. The normalized spacial score (nSPS) is 12.9. The third-order valence-corrected chi connectivity index (χ3v) is 3.70. The summed E-state index contributed by atoms with van der Waals surface area (Å²) in [4.78, 5) is 3.13. The molecule has 0 bridgehead atoms. The second kappa shape index (κ2) is 5.29. The van der Waals surface area contributed by atoms with Gasteiger partial charge < -0.3 is 9.55 Å². The monoisotopic (exact) mass is 280 g/mol. The molecule has 0 aliphatic rings. The van der Waals surface area contributed by atoms with E-state index in [1.54, 1.807) is 0 Å². The molecule has 2 rings (SSSR count). The second-order valence-electron chi connectivity index (χ2n) is 4.77. The molecular weight excluding hydrogens is 264 g/mol. The number of benzene rings is 1. The number of aromatic amines is 1. The van der Waals surface area contributed by atoms with Crippen molar-refractivity contribution in [3.05, 3.63) is 51.5 Å². The van der Waals surface area contributed by atoms with E-state index >= 15 is 0 Å². The molecule has 1 unspecified atom stereocenters. The molecule has 2 aromatic rings. The SMILES string of the molecule is CC(C)c1c[nH]c(=S)n1C(C)c1cccc(Cl)c1. The highest BCUT2D eigenvalue weighted by atomic mass is 35.5. The number of halogens is 1. The van der Waals surface area contributed by atoms with Gasteiger partial charge in [-0.2, -0.15) is 0 Å².